The van der Waals surface area contributed by atoms with Gasteiger partial charge in [0.15, 0.2) is 6.29 Å². The van der Waals surface area contributed by atoms with Crippen LogP contribution in [0.4, 0.5) is 0 Å². The number of carbonyl (C=O) groups excluding carboxylic acids is 1. The van der Waals surface area contributed by atoms with Crippen LogP contribution in [0.2, 0.25) is 0 Å². The van der Waals surface area contributed by atoms with Crippen molar-refractivity contribution in [2.75, 3.05) is 0 Å². The minimum Gasteiger partial charge on any atom is -0.487 e. The molecule has 0 N–H and O–H groups in total. The van der Waals surface area contributed by atoms with Crippen LogP contribution in [0, 0.1) is 0 Å². The van der Waals surface area contributed by atoms with Gasteiger partial charge in [0, 0.05) is 0 Å². The van der Waals surface area contributed by atoms with Gasteiger partial charge in [0.1, 0.15) is 17.7 Å². The first-order valence-corrected chi connectivity index (χ1v) is 5.51. The number of rotatable bonds is 3. The monoisotopic (exact) mass is 246 g/mol. The van der Waals surface area contributed by atoms with Gasteiger partial charge in [-0.15, -0.1) is 5.10 Å². The van der Waals surface area contributed by atoms with Gasteiger partial charge in [-0.1, -0.05) is 0 Å². The van der Waals surface area contributed by atoms with E-state index in [9.17, 15) is 4.79 Å². The fourth-order valence-corrected chi connectivity index (χ4v) is 1.47. The van der Waals surface area contributed by atoms with Crippen LogP contribution in [0.3, 0.4) is 0 Å². The molecule has 94 valence electrons. The van der Waals surface area contributed by atoms with Gasteiger partial charge in [0.05, 0.1) is 11.3 Å². The third-order valence-corrected chi connectivity index (χ3v) is 2.15. The lowest BCUT2D eigenvalue weighted by molar-refractivity contribution is 0.109. The molecule has 1 aromatic heterocycles. The van der Waals surface area contributed by atoms with Crippen LogP contribution in [0.1, 0.15) is 31.1 Å². The van der Waals surface area contributed by atoms with E-state index in [0.29, 0.717) is 17.0 Å². The molecule has 6 heteroatoms. The number of aromatic nitrogens is 4. The first-order valence-electron chi connectivity index (χ1n) is 5.51. The molecule has 0 aliphatic heterocycles. The maximum absolute atomic E-state index is 11.1. The van der Waals surface area contributed by atoms with Crippen LogP contribution < -0.4 is 4.74 Å². The molecule has 0 saturated heterocycles. The molecule has 1 heterocycles. The van der Waals surface area contributed by atoms with Gasteiger partial charge in [0.25, 0.3) is 0 Å². The number of carbonyl (C=O) groups is 1. The van der Waals surface area contributed by atoms with Crippen LogP contribution in [-0.2, 0) is 0 Å². The van der Waals surface area contributed by atoms with E-state index in [0.717, 1.165) is 6.29 Å². The van der Waals surface area contributed by atoms with E-state index in [1.807, 2.05) is 20.8 Å². The van der Waals surface area contributed by atoms with Crippen molar-refractivity contribution in [1.82, 2.24) is 20.2 Å². The second kappa shape index (κ2) is 4.56. The van der Waals surface area contributed by atoms with E-state index >= 15 is 0 Å². The van der Waals surface area contributed by atoms with Gasteiger partial charge in [-0.2, -0.15) is 0 Å². The summed E-state index contributed by atoms with van der Waals surface area (Å²) in [7, 11) is 0. The van der Waals surface area contributed by atoms with E-state index in [-0.39, 0.29) is 5.60 Å². The maximum Gasteiger partial charge on any atom is 0.153 e. The summed E-state index contributed by atoms with van der Waals surface area (Å²) >= 11 is 0. The standard InChI is InChI=1S/C12H14N4O2/c1-12(2,3)18-11-5-4-10(6-9(11)7-17)16-8-13-14-15-16/h4-8H,1-3H3. The number of benzene rings is 1. The molecule has 0 spiro atoms. The van der Waals surface area contributed by atoms with Crippen LogP contribution >= 0.6 is 0 Å². The smallest absolute Gasteiger partial charge is 0.153 e. The quantitative estimate of drug-likeness (QED) is 0.770. The average Bonchev–Trinajstić information content (AvgIpc) is 2.81. The van der Waals surface area contributed by atoms with Crippen LogP contribution in [0.25, 0.3) is 5.69 Å². The summed E-state index contributed by atoms with van der Waals surface area (Å²) in [5, 5.41) is 10.9. The van der Waals surface area contributed by atoms with Crippen molar-refractivity contribution < 1.29 is 9.53 Å². The normalized spacial score (nSPS) is 11.3. The molecule has 6 nitrogen and oxygen atoms in total. The molecule has 0 atom stereocenters. The van der Waals surface area contributed by atoms with Crippen molar-refractivity contribution in [3.05, 3.63) is 30.1 Å². The summed E-state index contributed by atoms with van der Waals surface area (Å²) in [5.41, 5.74) is 0.829. The number of aldehydes is 1. The summed E-state index contributed by atoms with van der Waals surface area (Å²) in [5.74, 6) is 0.550. The third-order valence-electron chi connectivity index (χ3n) is 2.15. The molecule has 0 saturated carbocycles. The van der Waals surface area contributed by atoms with Gasteiger partial charge in [-0.05, 0) is 49.4 Å². The lowest BCUT2D eigenvalue weighted by Crippen LogP contribution is -2.23. The Morgan fingerprint density at radius 2 is 2.11 bits per heavy atom. The lowest BCUT2D eigenvalue weighted by Gasteiger charge is -2.22. The Balaban J connectivity index is 2.38. The summed E-state index contributed by atoms with van der Waals surface area (Å²) in [6.07, 6.45) is 2.23. The second-order valence-electron chi connectivity index (χ2n) is 4.81. The number of hydrogen-bond acceptors (Lipinski definition) is 5. The first-order chi connectivity index (χ1) is 8.49. The average molecular weight is 246 g/mol. The fourth-order valence-electron chi connectivity index (χ4n) is 1.47. The van der Waals surface area contributed by atoms with Crippen molar-refractivity contribution in [1.29, 1.82) is 0 Å². The second-order valence-corrected chi connectivity index (χ2v) is 4.81. The van der Waals surface area contributed by atoms with Crippen molar-refractivity contribution >= 4 is 6.29 Å². The Morgan fingerprint density at radius 1 is 1.33 bits per heavy atom. The predicted molar refractivity (Wildman–Crippen MR) is 64.9 cm³/mol. The minimum atomic E-state index is -0.353. The molecule has 1 aromatic carbocycles. The molecule has 0 aliphatic carbocycles. The zero-order valence-corrected chi connectivity index (χ0v) is 10.5. The van der Waals surface area contributed by atoms with E-state index in [1.165, 1.54) is 11.0 Å². The van der Waals surface area contributed by atoms with E-state index in [1.54, 1.807) is 18.2 Å². The molecule has 0 radical (unpaired) electrons. The fraction of sp³-hybridized carbons (Fsp3) is 0.333. The highest BCUT2D eigenvalue weighted by Gasteiger charge is 2.15. The molecule has 0 amide bonds. The van der Waals surface area contributed by atoms with Crippen molar-refractivity contribution in [3.8, 4) is 11.4 Å². The predicted octanol–water partition coefficient (Wildman–Crippen LogP) is 1.65. The molecular weight excluding hydrogens is 232 g/mol. The highest BCUT2D eigenvalue weighted by atomic mass is 16.5. The van der Waals surface area contributed by atoms with E-state index < -0.39 is 0 Å². The number of tetrazole rings is 1. The number of hydrogen-bond donors (Lipinski definition) is 0. The van der Waals surface area contributed by atoms with Gasteiger partial charge in [0.2, 0.25) is 0 Å². The van der Waals surface area contributed by atoms with Gasteiger partial charge < -0.3 is 4.74 Å². The van der Waals surface area contributed by atoms with Crippen molar-refractivity contribution in [2.45, 2.75) is 26.4 Å². The zero-order chi connectivity index (χ0) is 13.2. The molecule has 2 aromatic rings. The van der Waals surface area contributed by atoms with E-state index in [4.69, 9.17) is 4.74 Å². The zero-order valence-electron chi connectivity index (χ0n) is 10.5. The SMILES string of the molecule is CC(C)(C)Oc1ccc(-n2cnnn2)cc1C=O. The highest BCUT2D eigenvalue weighted by molar-refractivity contribution is 5.80. The molecule has 2 rings (SSSR count). The highest BCUT2D eigenvalue weighted by Crippen LogP contribution is 2.24. The lowest BCUT2D eigenvalue weighted by atomic mass is 10.1. The summed E-state index contributed by atoms with van der Waals surface area (Å²) in [6, 6.07) is 5.22. The number of nitrogens with zero attached hydrogens (tertiary/aromatic N) is 4. The van der Waals surface area contributed by atoms with Gasteiger partial charge in [-0.25, -0.2) is 4.68 Å². The maximum atomic E-state index is 11.1. The Hall–Kier alpha value is -2.24. The van der Waals surface area contributed by atoms with Crippen LogP contribution in [0.5, 0.6) is 5.75 Å². The molecule has 18 heavy (non-hydrogen) atoms. The summed E-state index contributed by atoms with van der Waals surface area (Å²) < 4.78 is 7.18. The largest absolute Gasteiger partial charge is 0.487 e. The topological polar surface area (TPSA) is 69.9 Å². The molecule has 0 fully saturated rings. The summed E-state index contributed by atoms with van der Waals surface area (Å²) in [4.78, 5) is 11.1. The minimum absolute atomic E-state index is 0.353. The third kappa shape index (κ3) is 2.71. The Morgan fingerprint density at radius 3 is 2.67 bits per heavy atom. The molecule has 0 bridgehead atoms. The first kappa shape index (κ1) is 12.2. The molecular formula is C12H14N4O2. The molecule has 0 unspecified atom stereocenters. The summed E-state index contributed by atoms with van der Waals surface area (Å²) in [6.45, 7) is 5.78. The van der Waals surface area contributed by atoms with Crippen LogP contribution in [0.15, 0.2) is 24.5 Å². The Bertz CT molecular complexity index is 544. The van der Waals surface area contributed by atoms with Crippen molar-refractivity contribution in [3.63, 3.8) is 0 Å². The van der Waals surface area contributed by atoms with Crippen LogP contribution in [-0.4, -0.2) is 32.1 Å². The Kier molecular flexibility index (Phi) is 3.10. The van der Waals surface area contributed by atoms with Gasteiger partial charge in [-0.3, -0.25) is 4.79 Å². The Labute approximate surface area is 105 Å². The van der Waals surface area contributed by atoms with Gasteiger partial charge >= 0.3 is 0 Å². The molecule has 0 aliphatic rings. The van der Waals surface area contributed by atoms with E-state index in [2.05, 4.69) is 15.5 Å². The number of ether oxygens (including phenoxy) is 1. The van der Waals surface area contributed by atoms with Crippen molar-refractivity contribution in [2.24, 2.45) is 0 Å².